The molecule has 7 heteroatoms. The molecular formula is C14H8Br2FNO3. The van der Waals surface area contributed by atoms with Crippen LogP contribution >= 0.6 is 31.9 Å². The van der Waals surface area contributed by atoms with Gasteiger partial charge < -0.3 is 10.4 Å². The number of halogens is 3. The van der Waals surface area contributed by atoms with Gasteiger partial charge in [-0.1, -0.05) is 15.9 Å². The zero-order valence-corrected chi connectivity index (χ0v) is 13.5. The normalized spacial score (nSPS) is 10.2. The van der Waals surface area contributed by atoms with E-state index >= 15 is 0 Å². The zero-order chi connectivity index (χ0) is 15.6. The van der Waals surface area contributed by atoms with Gasteiger partial charge in [-0.2, -0.15) is 0 Å². The third-order valence-electron chi connectivity index (χ3n) is 2.63. The van der Waals surface area contributed by atoms with Crippen LogP contribution < -0.4 is 5.32 Å². The molecule has 0 aromatic heterocycles. The summed E-state index contributed by atoms with van der Waals surface area (Å²) in [5.74, 6) is -2.34. The molecule has 0 aliphatic carbocycles. The minimum atomic E-state index is -1.17. The number of carbonyl (C=O) groups excluding carboxylic acids is 1. The van der Waals surface area contributed by atoms with Crippen molar-refractivity contribution in [2.45, 2.75) is 0 Å². The Hall–Kier alpha value is -1.73. The first-order chi connectivity index (χ1) is 9.88. The van der Waals surface area contributed by atoms with Gasteiger partial charge in [0.15, 0.2) is 0 Å². The van der Waals surface area contributed by atoms with Crippen molar-refractivity contribution in [2.75, 3.05) is 5.32 Å². The summed E-state index contributed by atoms with van der Waals surface area (Å²) in [7, 11) is 0. The lowest BCUT2D eigenvalue weighted by atomic mass is 10.1. The second-order valence-corrected chi connectivity index (χ2v) is 5.84. The predicted octanol–water partition coefficient (Wildman–Crippen LogP) is 4.30. The number of carbonyl (C=O) groups is 2. The van der Waals surface area contributed by atoms with E-state index in [9.17, 15) is 14.0 Å². The molecule has 2 N–H and O–H groups in total. The fourth-order valence-electron chi connectivity index (χ4n) is 1.67. The van der Waals surface area contributed by atoms with Crippen molar-refractivity contribution in [1.82, 2.24) is 0 Å². The molecule has 0 aliphatic heterocycles. The average molecular weight is 417 g/mol. The molecule has 1 amide bonds. The maximum atomic E-state index is 13.2. The number of anilines is 1. The maximum absolute atomic E-state index is 13.2. The van der Waals surface area contributed by atoms with Crippen LogP contribution in [0.1, 0.15) is 20.7 Å². The molecule has 0 atom stereocenters. The largest absolute Gasteiger partial charge is 0.478 e. The van der Waals surface area contributed by atoms with E-state index in [1.165, 1.54) is 24.3 Å². The Morgan fingerprint density at radius 2 is 1.76 bits per heavy atom. The monoisotopic (exact) mass is 415 g/mol. The van der Waals surface area contributed by atoms with Crippen LogP contribution in [0.2, 0.25) is 0 Å². The van der Waals surface area contributed by atoms with Crippen molar-refractivity contribution >= 4 is 49.4 Å². The predicted molar refractivity (Wildman–Crippen MR) is 83.2 cm³/mol. The van der Waals surface area contributed by atoms with Gasteiger partial charge in [-0.05, 0) is 52.3 Å². The Morgan fingerprint density at radius 1 is 1.05 bits per heavy atom. The van der Waals surface area contributed by atoms with Gasteiger partial charge in [-0.15, -0.1) is 0 Å². The summed E-state index contributed by atoms with van der Waals surface area (Å²) in [5, 5.41) is 11.6. The van der Waals surface area contributed by atoms with E-state index in [1.54, 1.807) is 6.07 Å². The lowest BCUT2D eigenvalue weighted by Crippen LogP contribution is -2.15. The lowest BCUT2D eigenvalue weighted by Gasteiger charge is -2.10. The first kappa shape index (κ1) is 15.7. The molecule has 0 bridgehead atoms. The summed E-state index contributed by atoms with van der Waals surface area (Å²) < 4.78 is 14.2. The lowest BCUT2D eigenvalue weighted by molar-refractivity contribution is 0.0698. The number of hydrogen-bond donors (Lipinski definition) is 2. The molecule has 108 valence electrons. The Labute approximate surface area is 136 Å². The van der Waals surface area contributed by atoms with E-state index in [4.69, 9.17) is 5.11 Å². The Morgan fingerprint density at radius 3 is 2.43 bits per heavy atom. The Kier molecular flexibility index (Phi) is 4.74. The molecule has 0 aliphatic rings. The van der Waals surface area contributed by atoms with E-state index in [0.717, 1.165) is 6.07 Å². The summed E-state index contributed by atoms with van der Waals surface area (Å²) in [5.41, 5.74) is 0.142. The van der Waals surface area contributed by atoms with Gasteiger partial charge in [0.1, 0.15) is 5.82 Å². The van der Waals surface area contributed by atoms with Gasteiger partial charge in [0.25, 0.3) is 5.91 Å². The molecule has 2 aromatic rings. The minimum Gasteiger partial charge on any atom is -0.478 e. The SMILES string of the molecule is O=C(Nc1cc(Br)ccc1C(=O)O)c1cc(F)ccc1Br. The van der Waals surface area contributed by atoms with Gasteiger partial charge in [-0.3, -0.25) is 4.79 Å². The van der Waals surface area contributed by atoms with Crippen molar-refractivity contribution in [1.29, 1.82) is 0 Å². The number of amides is 1. The molecule has 0 radical (unpaired) electrons. The number of aromatic carboxylic acids is 1. The van der Waals surface area contributed by atoms with Crippen LogP contribution in [0.4, 0.5) is 10.1 Å². The van der Waals surface area contributed by atoms with Crippen LogP contribution in [0.15, 0.2) is 45.3 Å². The fourth-order valence-corrected chi connectivity index (χ4v) is 2.46. The number of carboxylic acid groups (broad SMARTS) is 1. The summed E-state index contributed by atoms with van der Waals surface area (Å²) in [4.78, 5) is 23.3. The first-order valence-electron chi connectivity index (χ1n) is 5.67. The highest BCUT2D eigenvalue weighted by atomic mass is 79.9. The summed E-state index contributed by atoms with van der Waals surface area (Å²) in [6, 6.07) is 8.07. The van der Waals surface area contributed by atoms with Gasteiger partial charge in [-0.25, -0.2) is 9.18 Å². The summed E-state index contributed by atoms with van der Waals surface area (Å²) in [6.07, 6.45) is 0. The van der Waals surface area contributed by atoms with Crippen LogP contribution in [0.25, 0.3) is 0 Å². The fraction of sp³-hybridized carbons (Fsp3) is 0. The van der Waals surface area contributed by atoms with Crippen LogP contribution in [0, 0.1) is 5.82 Å². The quantitative estimate of drug-likeness (QED) is 0.783. The van der Waals surface area contributed by atoms with E-state index < -0.39 is 17.7 Å². The second kappa shape index (κ2) is 6.36. The molecule has 0 unspecified atom stereocenters. The van der Waals surface area contributed by atoms with Crippen molar-refractivity contribution in [2.24, 2.45) is 0 Å². The maximum Gasteiger partial charge on any atom is 0.337 e. The van der Waals surface area contributed by atoms with E-state index in [2.05, 4.69) is 37.2 Å². The Bertz CT molecular complexity index is 734. The zero-order valence-electron chi connectivity index (χ0n) is 10.4. The third kappa shape index (κ3) is 3.68. The average Bonchev–Trinajstić information content (AvgIpc) is 2.41. The minimum absolute atomic E-state index is 0.0564. The summed E-state index contributed by atoms with van der Waals surface area (Å²) >= 11 is 6.36. The number of benzene rings is 2. The standard InChI is InChI=1S/C14H8Br2FNO3/c15-7-1-3-9(14(20)21)12(5-7)18-13(19)10-6-8(17)2-4-11(10)16/h1-6H,(H,18,19)(H,20,21). The number of carboxylic acids is 1. The number of rotatable bonds is 3. The van der Waals surface area contributed by atoms with Crippen LogP contribution in [0.3, 0.4) is 0 Å². The van der Waals surface area contributed by atoms with Crippen molar-refractivity contribution < 1.29 is 19.1 Å². The third-order valence-corrected chi connectivity index (χ3v) is 3.82. The van der Waals surface area contributed by atoms with E-state index in [-0.39, 0.29) is 16.8 Å². The van der Waals surface area contributed by atoms with Crippen LogP contribution in [0.5, 0.6) is 0 Å². The molecule has 0 saturated heterocycles. The molecule has 0 saturated carbocycles. The number of hydrogen-bond acceptors (Lipinski definition) is 2. The van der Waals surface area contributed by atoms with Crippen molar-refractivity contribution in [3.63, 3.8) is 0 Å². The molecular weight excluding hydrogens is 409 g/mol. The second-order valence-electron chi connectivity index (χ2n) is 4.07. The summed E-state index contributed by atoms with van der Waals surface area (Å²) in [6.45, 7) is 0. The molecule has 0 heterocycles. The first-order valence-corrected chi connectivity index (χ1v) is 7.26. The van der Waals surface area contributed by atoms with Crippen molar-refractivity contribution in [3.05, 3.63) is 62.3 Å². The topological polar surface area (TPSA) is 66.4 Å². The molecule has 2 rings (SSSR count). The van der Waals surface area contributed by atoms with Crippen LogP contribution in [-0.4, -0.2) is 17.0 Å². The molecule has 2 aromatic carbocycles. The van der Waals surface area contributed by atoms with E-state index in [0.29, 0.717) is 8.95 Å². The highest BCUT2D eigenvalue weighted by Gasteiger charge is 2.16. The molecule has 4 nitrogen and oxygen atoms in total. The van der Waals surface area contributed by atoms with E-state index in [1.807, 2.05) is 0 Å². The molecule has 0 fully saturated rings. The van der Waals surface area contributed by atoms with Gasteiger partial charge in [0.05, 0.1) is 16.8 Å². The van der Waals surface area contributed by atoms with Gasteiger partial charge in [0.2, 0.25) is 0 Å². The number of nitrogens with one attached hydrogen (secondary N) is 1. The Balaban J connectivity index is 2.38. The highest BCUT2D eigenvalue weighted by molar-refractivity contribution is 9.10. The highest BCUT2D eigenvalue weighted by Crippen LogP contribution is 2.24. The molecule has 0 spiro atoms. The van der Waals surface area contributed by atoms with Crippen LogP contribution in [-0.2, 0) is 0 Å². The van der Waals surface area contributed by atoms with Gasteiger partial charge in [0, 0.05) is 8.95 Å². The van der Waals surface area contributed by atoms with Crippen molar-refractivity contribution in [3.8, 4) is 0 Å². The smallest absolute Gasteiger partial charge is 0.337 e. The van der Waals surface area contributed by atoms with Gasteiger partial charge >= 0.3 is 5.97 Å². The molecule has 21 heavy (non-hydrogen) atoms.